The number of hydrogen-bond acceptors (Lipinski definition) is 5. The Morgan fingerprint density at radius 3 is 2.17 bits per heavy atom. The molecule has 0 aliphatic carbocycles. The molecule has 0 heterocycles. The topological polar surface area (TPSA) is 99.9 Å². The number of unbranched alkanes of at least 4 members (excludes halogenated alkanes) is 3. The van der Waals surface area contributed by atoms with Crippen molar-refractivity contribution in [1.82, 2.24) is 5.32 Å². The molecule has 0 aliphatic rings. The summed E-state index contributed by atoms with van der Waals surface area (Å²) in [5.41, 5.74) is 6.09. The van der Waals surface area contributed by atoms with Gasteiger partial charge in [0.05, 0.1) is 19.1 Å². The number of amides is 2. The fourth-order valence-electron chi connectivity index (χ4n) is 5.07. The number of carbonyl (C=O) groups is 2. The Bertz CT molecular complexity index is 786. The van der Waals surface area contributed by atoms with Gasteiger partial charge in [-0.1, -0.05) is 53.0 Å². The number of methoxy groups -OCH3 is 2. The highest BCUT2D eigenvalue weighted by Crippen LogP contribution is 2.41. The molecule has 0 aliphatic heterocycles. The van der Waals surface area contributed by atoms with Gasteiger partial charge < -0.3 is 25.3 Å². The van der Waals surface area contributed by atoms with Crippen LogP contribution in [-0.2, 0) is 20.7 Å². The van der Waals surface area contributed by atoms with Gasteiger partial charge in [-0.15, -0.1) is 0 Å². The molecule has 206 valence electrons. The molecule has 0 spiro atoms. The second kappa shape index (κ2) is 16.5. The number of aryl methyl sites for hydroxylation is 1. The van der Waals surface area contributed by atoms with Crippen molar-refractivity contribution in [3.63, 3.8) is 0 Å². The van der Waals surface area contributed by atoms with E-state index in [1.165, 1.54) is 5.56 Å². The molecule has 1 aromatic rings. The average Bonchev–Trinajstić information content (AvgIpc) is 2.80. The number of carbonyl (C=O) groups excluding carboxylic acids is 2. The number of primary amides is 1. The summed E-state index contributed by atoms with van der Waals surface area (Å²) in [6.07, 6.45) is 7.04. The molecule has 1 atom stereocenters. The van der Waals surface area contributed by atoms with Crippen molar-refractivity contribution in [2.75, 3.05) is 27.4 Å². The largest absolute Gasteiger partial charge is 0.493 e. The maximum absolute atomic E-state index is 13.3. The molecular weight excluding hydrogens is 456 g/mol. The summed E-state index contributed by atoms with van der Waals surface area (Å²) < 4.78 is 16.4. The normalized spacial score (nSPS) is 12.6. The number of nitrogens with one attached hydrogen (secondary N) is 1. The first-order valence-electron chi connectivity index (χ1n) is 13.5. The first-order chi connectivity index (χ1) is 17.1. The fraction of sp³-hybridized carbons (Fsp3) is 0.724. The Kier molecular flexibility index (Phi) is 14.5. The van der Waals surface area contributed by atoms with Crippen LogP contribution in [0, 0.1) is 17.3 Å². The van der Waals surface area contributed by atoms with Crippen LogP contribution in [-0.4, -0.2) is 45.3 Å². The third kappa shape index (κ3) is 10.00. The summed E-state index contributed by atoms with van der Waals surface area (Å²) in [5.74, 6) is 1.56. The predicted octanol–water partition coefficient (Wildman–Crippen LogP) is 5.28. The van der Waals surface area contributed by atoms with Gasteiger partial charge in [-0.2, -0.15) is 0 Å². The smallest absolute Gasteiger partial charge is 0.226 e. The van der Waals surface area contributed by atoms with Crippen LogP contribution in [0.5, 0.6) is 11.5 Å². The molecule has 0 radical (unpaired) electrons. The van der Waals surface area contributed by atoms with E-state index in [9.17, 15) is 9.59 Å². The van der Waals surface area contributed by atoms with E-state index in [2.05, 4.69) is 45.1 Å². The molecule has 0 saturated carbocycles. The summed E-state index contributed by atoms with van der Waals surface area (Å²) in [7, 11) is 3.35. The van der Waals surface area contributed by atoms with E-state index in [-0.39, 0.29) is 30.2 Å². The average molecular weight is 507 g/mol. The highest BCUT2D eigenvalue weighted by Gasteiger charge is 2.44. The monoisotopic (exact) mass is 506 g/mol. The van der Waals surface area contributed by atoms with Crippen molar-refractivity contribution >= 4 is 11.8 Å². The Labute approximate surface area is 218 Å². The van der Waals surface area contributed by atoms with Gasteiger partial charge >= 0.3 is 0 Å². The van der Waals surface area contributed by atoms with Gasteiger partial charge in [-0.25, -0.2) is 0 Å². The van der Waals surface area contributed by atoms with Gasteiger partial charge in [0.1, 0.15) is 0 Å². The first kappa shape index (κ1) is 31.7. The molecule has 36 heavy (non-hydrogen) atoms. The zero-order chi connectivity index (χ0) is 27.1. The molecule has 7 nitrogen and oxygen atoms in total. The molecule has 0 fully saturated rings. The van der Waals surface area contributed by atoms with Crippen LogP contribution in [0.3, 0.4) is 0 Å². The van der Waals surface area contributed by atoms with Gasteiger partial charge in [-0.05, 0) is 55.7 Å². The van der Waals surface area contributed by atoms with Crippen molar-refractivity contribution in [2.24, 2.45) is 23.0 Å². The maximum atomic E-state index is 13.3. The minimum Gasteiger partial charge on any atom is -0.493 e. The van der Waals surface area contributed by atoms with E-state index in [0.29, 0.717) is 13.2 Å². The molecule has 1 aromatic carbocycles. The van der Waals surface area contributed by atoms with Crippen LogP contribution in [0.2, 0.25) is 0 Å². The Morgan fingerprint density at radius 2 is 1.58 bits per heavy atom. The number of hydrogen-bond donors (Lipinski definition) is 2. The van der Waals surface area contributed by atoms with Crippen LogP contribution < -0.4 is 20.5 Å². The van der Waals surface area contributed by atoms with Gasteiger partial charge in [-0.3, -0.25) is 9.59 Å². The lowest BCUT2D eigenvalue weighted by Crippen LogP contribution is -2.51. The van der Waals surface area contributed by atoms with E-state index in [4.69, 9.17) is 19.9 Å². The molecule has 0 aromatic heterocycles. The van der Waals surface area contributed by atoms with Gasteiger partial charge in [0.25, 0.3) is 0 Å². The maximum Gasteiger partial charge on any atom is 0.226 e. The lowest BCUT2D eigenvalue weighted by Gasteiger charge is -2.41. The van der Waals surface area contributed by atoms with E-state index >= 15 is 0 Å². The van der Waals surface area contributed by atoms with Crippen LogP contribution >= 0.6 is 0 Å². The van der Waals surface area contributed by atoms with E-state index in [1.54, 1.807) is 14.2 Å². The standard InChI is InChI=1S/C29H50N2O5/c1-21(2)29(22(3)4,28(33)31-23(5)19-27(30)32)16-11-9-8-10-13-24-14-15-25(35-7)26(20-24)36-18-12-17-34-6/h14-15,20-23H,8-13,16-19H2,1-7H3,(H2,30,32)(H,31,33)/t23-/m0/s1. The third-order valence-electron chi connectivity index (χ3n) is 7.15. The fourth-order valence-corrected chi connectivity index (χ4v) is 5.07. The highest BCUT2D eigenvalue weighted by atomic mass is 16.5. The van der Waals surface area contributed by atoms with Crippen molar-refractivity contribution < 1.29 is 23.8 Å². The lowest BCUT2D eigenvalue weighted by molar-refractivity contribution is -0.138. The molecule has 3 N–H and O–H groups in total. The number of nitrogens with two attached hydrogens (primary N) is 1. The Hall–Kier alpha value is -2.28. The summed E-state index contributed by atoms with van der Waals surface area (Å²) in [6, 6.07) is 5.89. The van der Waals surface area contributed by atoms with Gasteiger partial charge in [0, 0.05) is 32.6 Å². The molecular formula is C29H50N2O5. The zero-order valence-electron chi connectivity index (χ0n) is 23.7. The molecule has 2 amide bonds. The van der Waals surface area contributed by atoms with Gasteiger partial charge in [0.15, 0.2) is 11.5 Å². The van der Waals surface area contributed by atoms with E-state index in [1.807, 2.05) is 13.0 Å². The number of benzene rings is 1. The molecule has 0 unspecified atom stereocenters. The Morgan fingerprint density at radius 1 is 0.917 bits per heavy atom. The molecule has 0 bridgehead atoms. The lowest BCUT2D eigenvalue weighted by atomic mass is 9.65. The predicted molar refractivity (Wildman–Crippen MR) is 145 cm³/mol. The molecule has 7 heteroatoms. The van der Waals surface area contributed by atoms with Crippen molar-refractivity contribution in [3.05, 3.63) is 23.8 Å². The van der Waals surface area contributed by atoms with Crippen molar-refractivity contribution in [2.45, 2.75) is 92.0 Å². The molecule has 0 saturated heterocycles. The number of rotatable bonds is 19. The second-order valence-corrected chi connectivity index (χ2v) is 10.5. The zero-order valence-corrected chi connectivity index (χ0v) is 23.7. The summed E-state index contributed by atoms with van der Waals surface area (Å²) in [6.45, 7) is 11.6. The quantitative estimate of drug-likeness (QED) is 0.249. The van der Waals surface area contributed by atoms with Crippen LogP contribution in [0.1, 0.15) is 85.1 Å². The summed E-state index contributed by atoms with van der Waals surface area (Å²) >= 11 is 0. The van der Waals surface area contributed by atoms with Crippen LogP contribution in [0.4, 0.5) is 0 Å². The van der Waals surface area contributed by atoms with Gasteiger partial charge in [0.2, 0.25) is 11.8 Å². The van der Waals surface area contributed by atoms with E-state index < -0.39 is 11.3 Å². The van der Waals surface area contributed by atoms with Crippen molar-refractivity contribution in [3.8, 4) is 11.5 Å². The summed E-state index contributed by atoms with van der Waals surface area (Å²) in [5, 5.41) is 3.06. The molecule has 1 rings (SSSR count). The minimum absolute atomic E-state index is 0.0394. The minimum atomic E-state index is -0.461. The third-order valence-corrected chi connectivity index (χ3v) is 7.15. The first-order valence-corrected chi connectivity index (χ1v) is 13.5. The SMILES string of the molecule is COCCCOc1cc(CCCCCCC(C(=O)N[C@@H](C)CC(N)=O)(C(C)C)C(C)C)ccc1OC. The summed E-state index contributed by atoms with van der Waals surface area (Å²) in [4.78, 5) is 24.6. The van der Waals surface area contributed by atoms with Crippen LogP contribution in [0.15, 0.2) is 18.2 Å². The number of ether oxygens (including phenoxy) is 3. The van der Waals surface area contributed by atoms with E-state index in [0.717, 1.165) is 56.4 Å². The highest BCUT2D eigenvalue weighted by molar-refractivity contribution is 5.84. The van der Waals surface area contributed by atoms with Crippen molar-refractivity contribution in [1.29, 1.82) is 0 Å². The Balaban J connectivity index is 2.62. The van der Waals surface area contributed by atoms with Crippen LogP contribution in [0.25, 0.3) is 0 Å². The second-order valence-electron chi connectivity index (χ2n) is 10.5.